The number of aryl methyl sites for hydroxylation is 2. The minimum Gasteiger partial charge on any atom is -0.391 e. The highest BCUT2D eigenvalue weighted by Gasteiger charge is 2.33. The summed E-state index contributed by atoms with van der Waals surface area (Å²) in [7, 11) is 0. The van der Waals surface area contributed by atoms with Gasteiger partial charge < -0.3 is 14.5 Å². The van der Waals surface area contributed by atoms with Crippen LogP contribution in [0.2, 0.25) is 0 Å². The van der Waals surface area contributed by atoms with E-state index in [0.717, 1.165) is 40.5 Å². The average molecular weight is 324 g/mol. The third kappa shape index (κ3) is 2.73. The maximum Gasteiger partial charge on any atom is 0.140 e. The van der Waals surface area contributed by atoms with Crippen LogP contribution in [-0.2, 0) is 6.42 Å². The third-order valence-electron chi connectivity index (χ3n) is 4.54. The highest BCUT2D eigenvalue weighted by molar-refractivity contribution is 5.89. The van der Waals surface area contributed by atoms with Crippen molar-refractivity contribution in [1.29, 1.82) is 0 Å². The predicted octanol–water partition coefficient (Wildman–Crippen LogP) is 2.27. The van der Waals surface area contributed by atoms with E-state index >= 15 is 0 Å². The van der Waals surface area contributed by atoms with Crippen molar-refractivity contribution in [2.75, 3.05) is 18.0 Å². The Morgan fingerprint density at radius 3 is 2.83 bits per heavy atom. The first-order valence-corrected chi connectivity index (χ1v) is 8.19. The Morgan fingerprint density at radius 1 is 1.21 bits per heavy atom. The Kier molecular flexibility index (Phi) is 3.69. The van der Waals surface area contributed by atoms with Crippen LogP contribution < -0.4 is 4.90 Å². The second kappa shape index (κ2) is 5.87. The maximum atomic E-state index is 10.5. The van der Waals surface area contributed by atoms with E-state index in [4.69, 9.17) is 4.52 Å². The number of aliphatic hydroxyl groups is 1. The van der Waals surface area contributed by atoms with Gasteiger partial charge in [-0.3, -0.25) is 0 Å². The minimum atomic E-state index is -0.413. The largest absolute Gasteiger partial charge is 0.391 e. The van der Waals surface area contributed by atoms with Crippen LogP contribution in [-0.4, -0.2) is 39.4 Å². The zero-order valence-electron chi connectivity index (χ0n) is 13.8. The molecule has 1 aromatic carbocycles. The van der Waals surface area contributed by atoms with Gasteiger partial charge in [0, 0.05) is 36.9 Å². The smallest absolute Gasteiger partial charge is 0.140 e. The van der Waals surface area contributed by atoms with Crippen LogP contribution in [0, 0.1) is 19.8 Å². The predicted molar refractivity (Wildman–Crippen MR) is 90.9 cm³/mol. The van der Waals surface area contributed by atoms with Crippen molar-refractivity contribution in [2.24, 2.45) is 5.92 Å². The van der Waals surface area contributed by atoms with Crippen LogP contribution in [0.15, 0.2) is 34.9 Å². The summed E-state index contributed by atoms with van der Waals surface area (Å²) in [5.74, 6) is 2.56. The fraction of sp³-hybridized carbons (Fsp3) is 0.389. The first-order chi connectivity index (χ1) is 11.6. The number of benzene rings is 1. The molecule has 1 aliphatic rings. The number of rotatable bonds is 3. The van der Waals surface area contributed by atoms with E-state index in [1.54, 1.807) is 0 Å². The number of hydrogen-bond donors (Lipinski definition) is 1. The van der Waals surface area contributed by atoms with Crippen LogP contribution in [0.5, 0.6) is 0 Å². The van der Waals surface area contributed by atoms with E-state index in [0.29, 0.717) is 13.0 Å². The standard InChI is InChI=1S/C18H20N4O2/c1-11-7-14(24-21-11)8-13-9-22(10-17(13)23)18-15-5-3-4-6-16(15)19-12(2)20-18/h3-7,13,17,23H,8-10H2,1-2H3/t13-,17+/m1/s1. The van der Waals surface area contributed by atoms with Crippen LogP contribution in [0.25, 0.3) is 10.9 Å². The Bertz CT molecular complexity index is 876. The van der Waals surface area contributed by atoms with Gasteiger partial charge in [0.05, 0.1) is 17.3 Å². The molecule has 0 spiro atoms. The fourth-order valence-corrected chi connectivity index (χ4v) is 3.41. The minimum absolute atomic E-state index is 0.103. The first-order valence-electron chi connectivity index (χ1n) is 8.19. The SMILES string of the molecule is Cc1cc(C[C@@H]2CN(c3nc(C)nc4ccccc34)C[C@@H]2O)on1. The van der Waals surface area contributed by atoms with Gasteiger partial charge in [0.25, 0.3) is 0 Å². The van der Waals surface area contributed by atoms with E-state index in [1.807, 2.05) is 44.2 Å². The van der Waals surface area contributed by atoms with Crippen molar-refractivity contribution in [1.82, 2.24) is 15.1 Å². The molecule has 0 saturated carbocycles. The Balaban J connectivity index is 1.62. The van der Waals surface area contributed by atoms with Gasteiger partial charge in [0.15, 0.2) is 0 Å². The van der Waals surface area contributed by atoms with Gasteiger partial charge in [0.1, 0.15) is 17.4 Å². The summed E-state index contributed by atoms with van der Waals surface area (Å²) in [5.41, 5.74) is 1.80. The van der Waals surface area contributed by atoms with E-state index in [9.17, 15) is 5.11 Å². The maximum absolute atomic E-state index is 10.5. The molecule has 0 bridgehead atoms. The van der Waals surface area contributed by atoms with Crippen LogP contribution >= 0.6 is 0 Å². The number of para-hydroxylation sites is 1. The molecular formula is C18H20N4O2. The first kappa shape index (κ1) is 15.1. The van der Waals surface area contributed by atoms with Crippen molar-refractivity contribution < 1.29 is 9.63 Å². The van der Waals surface area contributed by atoms with Gasteiger partial charge in [-0.2, -0.15) is 0 Å². The molecule has 0 aliphatic carbocycles. The van der Waals surface area contributed by atoms with Crippen LogP contribution in [0.1, 0.15) is 17.3 Å². The number of aromatic nitrogens is 3. The molecule has 0 amide bonds. The summed E-state index contributed by atoms with van der Waals surface area (Å²) < 4.78 is 5.30. The van der Waals surface area contributed by atoms with Gasteiger partial charge in [-0.05, 0) is 26.0 Å². The zero-order valence-corrected chi connectivity index (χ0v) is 13.8. The molecule has 6 heteroatoms. The lowest BCUT2D eigenvalue weighted by Gasteiger charge is -2.19. The molecule has 6 nitrogen and oxygen atoms in total. The van der Waals surface area contributed by atoms with Crippen LogP contribution in [0.4, 0.5) is 5.82 Å². The number of anilines is 1. The van der Waals surface area contributed by atoms with Crippen molar-refractivity contribution in [3.63, 3.8) is 0 Å². The topological polar surface area (TPSA) is 75.3 Å². The lowest BCUT2D eigenvalue weighted by atomic mass is 10.0. The molecule has 0 radical (unpaired) electrons. The number of β-amino-alcohol motifs (C(OH)–C–C–N with tert-alkyl or cyclic N) is 1. The summed E-state index contributed by atoms with van der Waals surface area (Å²) in [6, 6.07) is 9.93. The molecule has 24 heavy (non-hydrogen) atoms. The van der Waals surface area contributed by atoms with Crippen molar-refractivity contribution in [3.8, 4) is 0 Å². The molecular weight excluding hydrogens is 304 g/mol. The van der Waals surface area contributed by atoms with E-state index in [2.05, 4.69) is 20.0 Å². The quantitative estimate of drug-likeness (QED) is 0.796. The van der Waals surface area contributed by atoms with E-state index < -0.39 is 6.10 Å². The monoisotopic (exact) mass is 324 g/mol. The Morgan fingerprint density at radius 2 is 2.04 bits per heavy atom. The molecule has 4 rings (SSSR count). The highest BCUT2D eigenvalue weighted by Crippen LogP contribution is 2.30. The zero-order chi connectivity index (χ0) is 16.7. The second-order valence-electron chi connectivity index (χ2n) is 6.48. The van der Waals surface area contributed by atoms with Gasteiger partial charge >= 0.3 is 0 Å². The molecule has 2 aromatic heterocycles. The van der Waals surface area contributed by atoms with E-state index in [1.165, 1.54) is 0 Å². The number of nitrogens with zero attached hydrogens (tertiary/aromatic N) is 4. The molecule has 1 N–H and O–H groups in total. The fourth-order valence-electron chi connectivity index (χ4n) is 3.41. The van der Waals surface area contributed by atoms with Gasteiger partial charge in [0.2, 0.25) is 0 Å². The lowest BCUT2D eigenvalue weighted by molar-refractivity contribution is 0.143. The number of hydrogen-bond acceptors (Lipinski definition) is 6. The Labute approximate surface area is 140 Å². The second-order valence-corrected chi connectivity index (χ2v) is 6.48. The van der Waals surface area contributed by atoms with Gasteiger partial charge in [-0.1, -0.05) is 17.3 Å². The lowest BCUT2D eigenvalue weighted by Crippen LogP contribution is -2.23. The number of aliphatic hydroxyl groups excluding tert-OH is 1. The molecule has 1 saturated heterocycles. The molecule has 1 fully saturated rings. The van der Waals surface area contributed by atoms with Gasteiger partial charge in [-0.25, -0.2) is 9.97 Å². The van der Waals surface area contributed by atoms with Gasteiger partial charge in [-0.15, -0.1) is 0 Å². The normalized spacial score (nSPS) is 20.9. The summed E-state index contributed by atoms with van der Waals surface area (Å²) in [6.07, 6.45) is 0.269. The summed E-state index contributed by atoms with van der Waals surface area (Å²) >= 11 is 0. The molecule has 3 aromatic rings. The summed E-state index contributed by atoms with van der Waals surface area (Å²) in [5, 5.41) is 15.4. The molecule has 0 unspecified atom stereocenters. The molecule has 2 atom stereocenters. The number of fused-ring (bicyclic) bond motifs is 1. The average Bonchev–Trinajstić information content (AvgIpc) is 3.13. The van der Waals surface area contributed by atoms with Crippen molar-refractivity contribution in [2.45, 2.75) is 26.4 Å². The summed E-state index contributed by atoms with van der Waals surface area (Å²) in [6.45, 7) is 5.11. The summed E-state index contributed by atoms with van der Waals surface area (Å²) in [4.78, 5) is 11.3. The van der Waals surface area contributed by atoms with Crippen molar-refractivity contribution in [3.05, 3.63) is 47.6 Å². The third-order valence-corrected chi connectivity index (χ3v) is 4.54. The molecule has 1 aliphatic heterocycles. The molecule has 3 heterocycles. The highest BCUT2D eigenvalue weighted by atomic mass is 16.5. The molecule has 124 valence electrons. The van der Waals surface area contributed by atoms with Crippen LogP contribution in [0.3, 0.4) is 0 Å². The van der Waals surface area contributed by atoms with E-state index in [-0.39, 0.29) is 5.92 Å². The van der Waals surface area contributed by atoms with Crippen molar-refractivity contribution >= 4 is 16.7 Å². The Hall–Kier alpha value is -2.47.